The van der Waals surface area contributed by atoms with E-state index in [2.05, 4.69) is 4.72 Å². The molecule has 8 heteroatoms. The molecule has 1 aliphatic rings. The molecule has 2 atom stereocenters. The molecule has 7 nitrogen and oxygen atoms in total. The van der Waals surface area contributed by atoms with Gasteiger partial charge in [-0.25, -0.2) is 8.42 Å². The molecule has 2 N–H and O–H groups in total. The van der Waals surface area contributed by atoms with Crippen LogP contribution in [-0.2, 0) is 19.6 Å². The van der Waals surface area contributed by atoms with Gasteiger partial charge in [0.15, 0.2) is 0 Å². The van der Waals surface area contributed by atoms with Crippen molar-refractivity contribution in [3.05, 3.63) is 35.9 Å². The second-order valence-corrected chi connectivity index (χ2v) is 8.14. The monoisotopic (exact) mass is 368 g/mol. The van der Waals surface area contributed by atoms with Gasteiger partial charge in [-0.15, -0.1) is 0 Å². The second kappa shape index (κ2) is 8.44. The summed E-state index contributed by atoms with van der Waals surface area (Å²) in [5.41, 5.74) is 0.376. The first-order valence-corrected chi connectivity index (χ1v) is 10.0. The van der Waals surface area contributed by atoms with Gasteiger partial charge < -0.3 is 10.0 Å². The quantitative estimate of drug-likeness (QED) is 0.759. The van der Waals surface area contributed by atoms with Gasteiger partial charge in [-0.1, -0.05) is 30.3 Å². The zero-order valence-electron chi connectivity index (χ0n) is 14.2. The number of benzene rings is 1. The summed E-state index contributed by atoms with van der Waals surface area (Å²) in [5, 5.41) is 9.34. The van der Waals surface area contributed by atoms with E-state index in [1.165, 1.54) is 6.92 Å². The third-order valence-corrected chi connectivity index (χ3v) is 5.80. The number of hydrogen-bond acceptors (Lipinski definition) is 4. The van der Waals surface area contributed by atoms with E-state index < -0.39 is 22.0 Å². The molecule has 1 aromatic rings. The largest absolute Gasteiger partial charge is 0.480 e. The van der Waals surface area contributed by atoms with Crippen LogP contribution < -0.4 is 4.72 Å². The maximum absolute atomic E-state index is 12.4. The zero-order valence-corrected chi connectivity index (χ0v) is 15.0. The van der Waals surface area contributed by atoms with Gasteiger partial charge in [-0.05, 0) is 31.2 Å². The van der Waals surface area contributed by atoms with E-state index in [-0.39, 0.29) is 17.7 Å². The average molecular weight is 368 g/mol. The topological polar surface area (TPSA) is 104 Å². The summed E-state index contributed by atoms with van der Waals surface area (Å²) in [7, 11) is -3.79. The highest BCUT2D eigenvalue weighted by Gasteiger charge is 2.29. The molecule has 0 bridgehead atoms. The van der Waals surface area contributed by atoms with Gasteiger partial charge >= 0.3 is 5.97 Å². The van der Waals surface area contributed by atoms with Crippen LogP contribution >= 0.6 is 0 Å². The van der Waals surface area contributed by atoms with Crippen molar-refractivity contribution in [3.63, 3.8) is 0 Å². The molecule has 1 unspecified atom stereocenters. The number of carbonyl (C=O) groups is 2. The smallest absolute Gasteiger partial charge is 0.326 e. The Hall–Kier alpha value is -1.93. The highest BCUT2D eigenvalue weighted by atomic mass is 32.2. The summed E-state index contributed by atoms with van der Waals surface area (Å²) < 4.78 is 27.0. The molecular weight excluding hydrogens is 344 g/mol. The minimum Gasteiger partial charge on any atom is -0.480 e. The van der Waals surface area contributed by atoms with Gasteiger partial charge in [0.2, 0.25) is 15.9 Å². The Morgan fingerprint density at radius 1 is 1.28 bits per heavy atom. The third kappa shape index (κ3) is 5.54. The number of likely N-dealkylation sites (tertiary alicyclic amines) is 1. The lowest BCUT2D eigenvalue weighted by Gasteiger charge is -2.35. The van der Waals surface area contributed by atoms with Crippen molar-refractivity contribution >= 4 is 21.9 Å². The highest BCUT2D eigenvalue weighted by Crippen LogP contribution is 2.21. The van der Waals surface area contributed by atoms with Gasteiger partial charge in [0.05, 0.1) is 5.75 Å². The fourth-order valence-electron chi connectivity index (χ4n) is 3.15. The van der Waals surface area contributed by atoms with E-state index in [4.69, 9.17) is 0 Å². The molecule has 0 saturated carbocycles. The Morgan fingerprint density at radius 2 is 1.96 bits per heavy atom. The molecule has 25 heavy (non-hydrogen) atoms. The van der Waals surface area contributed by atoms with Crippen molar-refractivity contribution in [2.24, 2.45) is 0 Å². The third-order valence-electron chi connectivity index (χ3n) is 4.43. The summed E-state index contributed by atoms with van der Waals surface area (Å²) in [4.78, 5) is 24.8. The average Bonchev–Trinajstić information content (AvgIpc) is 2.59. The van der Waals surface area contributed by atoms with E-state index in [9.17, 15) is 23.1 Å². The molecule has 0 aromatic heterocycles. The normalized spacial score (nSPS) is 19.4. The first-order chi connectivity index (χ1) is 11.8. The second-order valence-electron chi connectivity index (χ2n) is 6.27. The Morgan fingerprint density at radius 3 is 2.56 bits per heavy atom. The molecule has 1 saturated heterocycles. The highest BCUT2D eigenvalue weighted by molar-refractivity contribution is 7.89. The van der Waals surface area contributed by atoms with E-state index in [1.54, 1.807) is 35.2 Å². The lowest BCUT2D eigenvalue weighted by Crippen LogP contribution is -2.44. The number of piperidine rings is 1. The molecule has 1 heterocycles. The van der Waals surface area contributed by atoms with E-state index in [0.29, 0.717) is 18.5 Å². The first kappa shape index (κ1) is 19.4. The molecule has 2 rings (SSSR count). The first-order valence-electron chi connectivity index (χ1n) is 8.35. The van der Waals surface area contributed by atoms with Crippen LogP contribution in [0.15, 0.2) is 30.3 Å². The molecule has 0 aliphatic carbocycles. The predicted octanol–water partition coefficient (Wildman–Crippen LogP) is 1.52. The van der Waals surface area contributed by atoms with Gasteiger partial charge in [0, 0.05) is 19.5 Å². The van der Waals surface area contributed by atoms with E-state index in [0.717, 1.165) is 19.3 Å². The summed E-state index contributed by atoms with van der Waals surface area (Å²) in [5.74, 6) is -1.52. The number of carboxylic acids is 1. The molecule has 1 aromatic carbocycles. The van der Waals surface area contributed by atoms with Gasteiger partial charge in [-0.2, -0.15) is 4.72 Å². The van der Waals surface area contributed by atoms with Crippen LogP contribution in [0.3, 0.4) is 0 Å². The van der Waals surface area contributed by atoms with Crippen LogP contribution in [0.4, 0.5) is 0 Å². The van der Waals surface area contributed by atoms with Gasteiger partial charge in [0.1, 0.15) is 6.04 Å². The Bertz CT molecular complexity index is 705. The summed E-state index contributed by atoms with van der Waals surface area (Å²) in [6.07, 6.45) is 2.96. The van der Waals surface area contributed by atoms with Crippen molar-refractivity contribution in [2.45, 2.75) is 44.7 Å². The van der Waals surface area contributed by atoms with Crippen molar-refractivity contribution in [2.75, 3.05) is 12.3 Å². The van der Waals surface area contributed by atoms with E-state index in [1.807, 2.05) is 0 Å². The molecule has 1 fully saturated rings. The van der Waals surface area contributed by atoms with Crippen LogP contribution in [0.25, 0.3) is 0 Å². The summed E-state index contributed by atoms with van der Waals surface area (Å²) in [6.45, 7) is 2.14. The van der Waals surface area contributed by atoms with E-state index >= 15 is 0 Å². The minimum atomic E-state index is -3.79. The molecule has 0 radical (unpaired) electrons. The number of amides is 1. The number of nitrogens with one attached hydrogen (secondary N) is 1. The molecule has 0 spiro atoms. The lowest BCUT2D eigenvalue weighted by molar-refractivity contribution is -0.139. The number of aliphatic carboxylic acids is 1. The van der Waals surface area contributed by atoms with Gasteiger partial charge in [-0.3, -0.25) is 9.59 Å². The standard InChI is InChI=1S/C17H24N2O5S/c1-13(20)19-11-6-5-9-15(19)10-12-25(23,24)18-16(17(21)22)14-7-3-2-4-8-14/h2-4,7-8,15-16,18H,5-6,9-12H2,1H3,(H,21,22)/t15?,16-/m0/s1. The Labute approximate surface area is 148 Å². The lowest BCUT2D eigenvalue weighted by atomic mass is 10.00. The Balaban J connectivity index is 2.02. The van der Waals surface area contributed by atoms with Crippen molar-refractivity contribution in [1.82, 2.24) is 9.62 Å². The van der Waals surface area contributed by atoms with Crippen LogP contribution in [-0.4, -0.2) is 48.6 Å². The van der Waals surface area contributed by atoms with Crippen LogP contribution in [0.1, 0.15) is 44.2 Å². The van der Waals surface area contributed by atoms with Crippen LogP contribution in [0.5, 0.6) is 0 Å². The van der Waals surface area contributed by atoms with Crippen LogP contribution in [0, 0.1) is 0 Å². The van der Waals surface area contributed by atoms with Crippen molar-refractivity contribution < 1.29 is 23.1 Å². The number of nitrogens with zero attached hydrogens (tertiary/aromatic N) is 1. The Kier molecular flexibility index (Phi) is 6.55. The number of sulfonamides is 1. The number of carbonyl (C=O) groups excluding carboxylic acids is 1. The molecular formula is C17H24N2O5S. The number of carboxylic acid groups (broad SMARTS) is 1. The van der Waals surface area contributed by atoms with Crippen molar-refractivity contribution in [1.29, 1.82) is 0 Å². The molecule has 1 amide bonds. The van der Waals surface area contributed by atoms with Crippen molar-refractivity contribution in [3.8, 4) is 0 Å². The molecule has 138 valence electrons. The predicted molar refractivity (Wildman–Crippen MR) is 93.4 cm³/mol. The fraction of sp³-hybridized carbons (Fsp3) is 0.529. The maximum atomic E-state index is 12.4. The minimum absolute atomic E-state index is 0.0530. The van der Waals surface area contributed by atoms with Crippen LogP contribution in [0.2, 0.25) is 0 Å². The number of rotatable bonds is 7. The molecule has 1 aliphatic heterocycles. The van der Waals surface area contributed by atoms with Gasteiger partial charge in [0.25, 0.3) is 0 Å². The maximum Gasteiger partial charge on any atom is 0.326 e. The summed E-state index contributed by atoms with van der Waals surface area (Å²) in [6, 6.07) is 6.76. The number of hydrogen-bond donors (Lipinski definition) is 2. The fourth-order valence-corrected chi connectivity index (χ4v) is 4.45. The zero-order chi connectivity index (χ0) is 18.4. The SMILES string of the molecule is CC(=O)N1CCCCC1CCS(=O)(=O)N[C@H](C(=O)O)c1ccccc1. The summed E-state index contributed by atoms with van der Waals surface area (Å²) >= 11 is 0.